The molecular weight excluding hydrogens is 393 g/mol. The zero-order valence-electron chi connectivity index (χ0n) is 14.9. The fraction of sp³-hybridized carbons (Fsp3) is 0.263. The monoisotopic (exact) mass is 411 g/mol. The standard InChI is InChI=1S/C19H19Cl2NO5/c1-3-26-18-15(21)8-13(9-16(18)25-2)19(24)27-11-17(23)22-10-12-6-4-5-7-14(12)20/h4-9H,3,10-11H2,1-2H3,(H,22,23). The predicted molar refractivity (Wildman–Crippen MR) is 103 cm³/mol. The van der Waals surface area contributed by atoms with Gasteiger partial charge in [-0.15, -0.1) is 0 Å². The summed E-state index contributed by atoms with van der Waals surface area (Å²) in [5.74, 6) is -0.506. The molecule has 27 heavy (non-hydrogen) atoms. The highest BCUT2D eigenvalue weighted by Gasteiger charge is 2.17. The number of esters is 1. The Labute approximate surface area is 167 Å². The summed E-state index contributed by atoms with van der Waals surface area (Å²) >= 11 is 12.1. The minimum atomic E-state index is -0.703. The van der Waals surface area contributed by atoms with Gasteiger partial charge in [-0.3, -0.25) is 4.79 Å². The molecule has 2 aromatic carbocycles. The highest BCUT2D eigenvalue weighted by Crippen LogP contribution is 2.36. The Bertz CT molecular complexity index is 826. The average molecular weight is 412 g/mol. The molecule has 144 valence electrons. The van der Waals surface area contributed by atoms with Gasteiger partial charge in [0.2, 0.25) is 0 Å². The van der Waals surface area contributed by atoms with Gasteiger partial charge in [0.25, 0.3) is 5.91 Å². The summed E-state index contributed by atoms with van der Waals surface area (Å²) in [6.45, 7) is 2.00. The number of carbonyl (C=O) groups excluding carboxylic acids is 2. The van der Waals surface area contributed by atoms with Crippen molar-refractivity contribution in [2.75, 3.05) is 20.3 Å². The summed E-state index contributed by atoms with van der Waals surface area (Å²) in [6, 6.07) is 9.98. The van der Waals surface area contributed by atoms with Crippen LogP contribution in [0, 0.1) is 0 Å². The highest BCUT2D eigenvalue weighted by molar-refractivity contribution is 6.32. The molecular formula is C19H19Cl2NO5. The van der Waals surface area contributed by atoms with Crippen molar-refractivity contribution >= 4 is 35.1 Å². The molecule has 1 N–H and O–H groups in total. The number of amides is 1. The summed E-state index contributed by atoms with van der Waals surface area (Å²) in [4.78, 5) is 24.1. The van der Waals surface area contributed by atoms with Gasteiger partial charge in [0, 0.05) is 11.6 Å². The van der Waals surface area contributed by atoms with E-state index in [4.69, 9.17) is 37.4 Å². The third-order valence-electron chi connectivity index (χ3n) is 3.52. The molecule has 2 aromatic rings. The molecule has 0 aliphatic heterocycles. The van der Waals surface area contributed by atoms with E-state index < -0.39 is 18.5 Å². The second-order valence-electron chi connectivity index (χ2n) is 5.37. The van der Waals surface area contributed by atoms with Gasteiger partial charge in [0.05, 0.1) is 24.3 Å². The molecule has 0 saturated heterocycles. The van der Waals surface area contributed by atoms with E-state index in [0.29, 0.717) is 23.1 Å². The van der Waals surface area contributed by atoms with E-state index in [0.717, 1.165) is 5.56 Å². The molecule has 0 saturated carbocycles. The number of carbonyl (C=O) groups is 2. The van der Waals surface area contributed by atoms with E-state index in [1.54, 1.807) is 25.1 Å². The fourth-order valence-electron chi connectivity index (χ4n) is 2.22. The molecule has 0 unspecified atom stereocenters. The van der Waals surface area contributed by atoms with Crippen LogP contribution >= 0.6 is 23.2 Å². The van der Waals surface area contributed by atoms with E-state index in [-0.39, 0.29) is 17.1 Å². The molecule has 0 radical (unpaired) electrons. The first kappa shape index (κ1) is 20.9. The van der Waals surface area contributed by atoms with Crippen LogP contribution in [0.25, 0.3) is 0 Å². The van der Waals surface area contributed by atoms with Crippen LogP contribution in [-0.2, 0) is 16.1 Å². The van der Waals surface area contributed by atoms with Gasteiger partial charge in [-0.05, 0) is 30.7 Å². The molecule has 1 amide bonds. The largest absolute Gasteiger partial charge is 0.493 e. The number of hydrogen-bond acceptors (Lipinski definition) is 5. The van der Waals surface area contributed by atoms with Crippen molar-refractivity contribution in [3.05, 3.63) is 57.6 Å². The smallest absolute Gasteiger partial charge is 0.338 e. The van der Waals surface area contributed by atoms with Crippen LogP contribution in [0.15, 0.2) is 36.4 Å². The Morgan fingerprint density at radius 3 is 2.52 bits per heavy atom. The number of hydrogen-bond donors (Lipinski definition) is 1. The van der Waals surface area contributed by atoms with Crippen molar-refractivity contribution in [3.63, 3.8) is 0 Å². The molecule has 0 atom stereocenters. The van der Waals surface area contributed by atoms with Gasteiger partial charge in [0.1, 0.15) is 0 Å². The number of nitrogens with one attached hydrogen (secondary N) is 1. The second-order valence-corrected chi connectivity index (χ2v) is 6.18. The van der Waals surface area contributed by atoms with E-state index in [2.05, 4.69) is 5.32 Å². The first-order valence-electron chi connectivity index (χ1n) is 8.13. The number of methoxy groups -OCH3 is 1. The van der Waals surface area contributed by atoms with Crippen LogP contribution in [0.3, 0.4) is 0 Å². The Hall–Kier alpha value is -2.44. The van der Waals surface area contributed by atoms with Gasteiger partial charge in [-0.1, -0.05) is 41.4 Å². The molecule has 0 aliphatic carbocycles. The van der Waals surface area contributed by atoms with Gasteiger partial charge < -0.3 is 19.5 Å². The Kier molecular flexibility index (Phi) is 7.76. The summed E-state index contributed by atoms with van der Waals surface area (Å²) < 4.78 is 15.6. The van der Waals surface area contributed by atoms with Crippen LogP contribution in [0.4, 0.5) is 0 Å². The van der Waals surface area contributed by atoms with Gasteiger partial charge in [-0.2, -0.15) is 0 Å². The maximum atomic E-state index is 12.2. The number of rotatable bonds is 8. The van der Waals surface area contributed by atoms with Crippen molar-refractivity contribution < 1.29 is 23.8 Å². The summed E-state index contributed by atoms with van der Waals surface area (Å²) in [5, 5.41) is 3.40. The molecule has 0 heterocycles. The second kappa shape index (κ2) is 10.0. The Morgan fingerprint density at radius 1 is 1.11 bits per heavy atom. The number of halogens is 2. The van der Waals surface area contributed by atoms with Gasteiger partial charge >= 0.3 is 5.97 Å². The van der Waals surface area contributed by atoms with Crippen molar-refractivity contribution in [1.29, 1.82) is 0 Å². The maximum absolute atomic E-state index is 12.2. The molecule has 0 aromatic heterocycles. The van der Waals surface area contributed by atoms with E-state index in [1.165, 1.54) is 19.2 Å². The lowest BCUT2D eigenvalue weighted by atomic mass is 10.2. The topological polar surface area (TPSA) is 73.9 Å². The third-order valence-corrected chi connectivity index (χ3v) is 4.17. The van der Waals surface area contributed by atoms with Crippen LogP contribution in [-0.4, -0.2) is 32.2 Å². The SMILES string of the molecule is CCOc1c(Cl)cc(C(=O)OCC(=O)NCc2ccccc2Cl)cc1OC. The first-order valence-corrected chi connectivity index (χ1v) is 8.89. The lowest BCUT2D eigenvalue weighted by molar-refractivity contribution is -0.124. The van der Waals surface area contributed by atoms with Crippen LogP contribution < -0.4 is 14.8 Å². The zero-order valence-corrected chi connectivity index (χ0v) is 16.4. The van der Waals surface area contributed by atoms with Crippen LogP contribution in [0.2, 0.25) is 10.0 Å². The molecule has 0 bridgehead atoms. The lowest BCUT2D eigenvalue weighted by Crippen LogP contribution is -2.28. The van der Waals surface area contributed by atoms with Crippen LogP contribution in [0.1, 0.15) is 22.8 Å². The van der Waals surface area contributed by atoms with E-state index in [9.17, 15) is 9.59 Å². The molecule has 0 aliphatic rings. The minimum Gasteiger partial charge on any atom is -0.493 e. The van der Waals surface area contributed by atoms with Crippen LogP contribution in [0.5, 0.6) is 11.5 Å². The van der Waals surface area contributed by atoms with Gasteiger partial charge in [0.15, 0.2) is 18.1 Å². The summed E-state index contributed by atoms with van der Waals surface area (Å²) in [6.07, 6.45) is 0. The first-order chi connectivity index (χ1) is 13.0. The molecule has 8 heteroatoms. The lowest BCUT2D eigenvalue weighted by Gasteiger charge is -2.13. The summed E-state index contributed by atoms with van der Waals surface area (Å²) in [7, 11) is 1.44. The highest BCUT2D eigenvalue weighted by atomic mass is 35.5. The number of benzene rings is 2. The van der Waals surface area contributed by atoms with Crippen molar-refractivity contribution in [2.24, 2.45) is 0 Å². The minimum absolute atomic E-state index is 0.152. The van der Waals surface area contributed by atoms with Crippen molar-refractivity contribution in [2.45, 2.75) is 13.5 Å². The average Bonchev–Trinajstić information content (AvgIpc) is 2.66. The molecule has 2 rings (SSSR count). The van der Waals surface area contributed by atoms with E-state index in [1.807, 2.05) is 6.07 Å². The Morgan fingerprint density at radius 2 is 1.85 bits per heavy atom. The summed E-state index contributed by atoms with van der Waals surface area (Å²) in [5.41, 5.74) is 0.918. The third kappa shape index (κ3) is 5.77. The van der Waals surface area contributed by atoms with Gasteiger partial charge in [-0.25, -0.2) is 4.79 Å². The van der Waals surface area contributed by atoms with Crippen molar-refractivity contribution in [3.8, 4) is 11.5 Å². The Balaban J connectivity index is 1.94. The zero-order chi connectivity index (χ0) is 19.8. The molecule has 0 fully saturated rings. The predicted octanol–water partition coefficient (Wildman–Crippen LogP) is 3.87. The van der Waals surface area contributed by atoms with E-state index >= 15 is 0 Å². The molecule has 0 spiro atoms. The van der Waals surface area contributed by atoms with Crippen molar-refractivity contribution in [1.82, 2.24) is 5.32 Å². The number of ether oxygens (including phenoxy) is 3. The quantitative estimate of drug-likeness (QED) is 0.667. The fourth-order valence-corrected chi connectivity index (χ4v) is 2.69. The maximum Gasteiger partial charge on any atom is 0.338 e. The molecule has 6 nitrogen and oxygen atoms in total. The normalized spacial score (nSPS) is 10.2.